The molecule has 118 heavy (non-hydrogen) atoms. The number of fused-ring (bicyclic) bond motifs is 18. The van der Waals surface area contributed by atoms with Gasteiger partial charge >= 0.3 is 66.5 Å². The second-order valence-electron chi connectivity index (χ2n) is 26.1. The van der Waals surface area contributed by atoms with Crippen molar-refractivity contribution in [2.45, 2.75) is 0 Å². The summed E-state index contributed by atoms with van der Waals surface area (Å²) >= 11 is 0. The Morgan fingerprint density at radius 1 is 0.178 bits per heavy atom. The fourth-order valence-corrected chi connectivity index (χ4v) is 14.4. The van der Waals surface area contributed by atoms with Gasteiger partial charge in [0, 0.05) is 115 Å². The predicted octanol–water partition coefficient (Wildman–Crippen LogP) is 16.0. The molecule has 13 aromatic carbocycles. The topological polar surface area (TPSA) is 338 Å². The summed E-state index contributed by atoms with van der Waals surface area (Å²) in [5.41, 5.74) is 8.10. The van der Waals surface area contributed by atoms with Gasteiger partial charge < -0.3 is 49.8 Å². The minimum Gasteiger partial charge on any atom is -0.545 e. The number of benzene rings is 13. The van der Waals surface area contributed by atoms with Gasteiger partial charge in [-0.15, -0.1) is 0 Å². The average Bonchev–Trinajstić information content (AvgIpc) is 0.752. The van der Waals surface area contributed by atoms with Crippen LogP contribution in [0, 0.1) is 0 Å². The number of aromatic carboxylic acids is 6. The van der Waals surface area contributed by atoms with Crippen molar-refractivity contribution in [1.82, 2.24) is 39.9 Å². The third-order valence-electron chi connectivity index (χ3n) is 19.4. The van der Waals surface area contributed by atoms with Crippen LogP contribution in [0.5, 0.6) is 0 Å². The van der Waals surface area contributed by atoms with E-state index < -0.39 is 35.8 Å². The van der Waals surface area contributed by atoms with E-state index in [1.165, 1.54) is 0 Å². The van der Waals surface area contributed by atoms with E-state index >= 15 is 0 Å². The summed E-state index contributed by atoms with van der Waals surface area (Å²) in [6, 6.07) is 87.7. The Morgan fingerprint density at radius 2 is 0.297 bits per heavy atom. The van der Waals surface area contributed by atoms with Gasteiger partial charge in [0.2, 0.25) is 0 Å². The first-order valence-electron chi connectivity index (χ1n) is 36.1. The third-order valence-corrected chi connectivity index (χ3v) is 19.4. The second kappa shape index (κ2) is 36.7. The van der Waals surface area contributed by atoms with Crippen LogP contribution in [-0.4, -0.2) is 85.9 Å². The van der Waals surface area contributed by atoms with Crippen molar-refractivity contribution in [2.24, 2.45) is 0 Å². The molecule has 22 heteroatoms. The Bertz CT molecular complexity index is 6110. The van der Waals surface area contributed by atoms with E-state index in [1.807, 2.05) is 48.5 Å². The van der Waals surface area contributed by atoms with Crippen LogP contribution in [0.4, 0.5) is 0 Å². The van der Waals surface area contributed by atoms with Crippen LogP contribution in [0.1, 0.15) is 62.1 Å². The largest absolute Gasteiger partial charge is 2.00 e. The summed E-state index contributed by atoms with van der Waals surface area (Å²) in [5, 5.41) is 78.2. The van der Waals surface area contributed by atoms with Gasteiger partial charge in [-0.05, 0) is 113 Å². The molecule has 0 saturated heterocycles. The summed E-state index contributed by atoms with van der Waals surface area (Å²) in [6.45, 7) is 0. The quantitative estimate of drug-likeness (QED) is 0.0887. The van der Waals surface area contributed by atoms with Gasteiger partial charge in [0.05, 0.1) is 79.1 Å². The molecule has 0 unspecified atom stereocenters. The Hall–Kier alpha value is -14.6. The van der Waals surface area contributed by atoms with Gasteiger partial charge in [0.1, 0.15) is 0 Å². The standard InChI is InChI=1S/3C16H10O4.4C12H8N2.2Cd/c3*17-15(18)13-9-5-1-2-6-10(9)14(16(19)20)12-8-4-3-7-11(12)13;4*1-3-9-5-6-10-4-2-8-14-12(10)11(9)13-7-1;;/h3*1-8H,(H,17,18)(H,19,20);4*1-8H;;/q;;;;;;;2*+2/p-4. The molecule has 0 atom stereocenters. The van der Waals surface area contributed by atoms with Crippen molar-refractivity contribution in [3.05, 3.63) is 374 Å². The van der Waals surface area contributed by atoms with Gasteiger partial charge in [-0.2, -0.15) is 0 Å². The van der Waals surface area contributed by atoms with Crippen molar-refractivity contribution >= 4 is 188 Å². The van der Waals surface area contributed by atoms with E-state index in [-0.39, 0.29) is 88.0 Å². The maximum Gasteiger partial charge on any atom is 2.00 e. The summed E-state index contributed by atoms with van der Waals surface area (Å²) in [7, 11) is 0. The van der Waals surface area contributed by atoms with Gasteiger partial charge in [0.25, 0.3) is 0 Å². The number of hydrogen-bond donors (Lipinski definition) is 2. The van der Waals surface area contributed by atoms with Crippen LogP contribution in [0.15, 0.2) is 341 Å². The van der Waals surface area contributed by atoms with Crippen molar-refractivity contribution in [1.29, 1.82) is 0 Å². The molecule has 0 aliphatic carbocycles. The SMILES string of the molecule is O=C([O-])c1c2ccccc2c(C(=O)O)c2ccccc12.O=C([O-])c1c2ccccc2c(C(=O)O)c2ccccc12.O=C([O-])c1c2ccccc2c(C(=O)[O-])c2ccccc12.[Cd+2].[Cd+2].c1cnc2c(c1)ccc1cccnc12.c1cnc2c(c1)ccc1cccnc12.c1cnc2c(c1)ccc1cccnc12.c1cnc2c(c1)ccc1cccnc12. The molecular formula is C96H58Cd2N8O12. The van der Waals surface area contributed by atoms with Crippen molar-refractivity contribution < 1.29 is 114 Å². The molecule has 0 aliphatic heterocycles. The maximum atomic E-state index is 11.5. The number of carboxylic acid groups (broad SMARTS) is 6. The van der Waals surface area contributed by atoms with Crippen LogP contribution in [0.25, 0.3) is 152 Å². The summed E-state index contributed by atoms with van der Waals surface area (Å²) in [4.78, 5) is 104. The second-order valence-corrected chi connectivity index (χ2v) is 26.1. The fraction of sp³-hybridized carbons (Fsp3) is 0. The number of aromatic nitrogens is 8. The molecule has 0 bridgehead atoms. The number of carbonyl (C=O) groups excluding carboxylic acids is 4. The molecule has 0 aliphatic rings. The minimum atomic E-state index is -1.33. The van der Waals surface area contributed by atoms with E-state index in [0.29, 0.717) is 64.6 Å². The number of pyridine rings is 8. The zero-order chi connectivity index (χ0) is 80.3. The smallest absolute Gasteiger partial charge is 0.545 e. The van der Waals surface area contributed by atoms with E-state index in [9.17, 15) is 59.4 Å². The van der Waals surface area contributed by atoms with Crippen LogP contribution < -0.4 is 20.4 Å². The molecule has 558 valence electrons. The number of carboxylic acids is 6. The molecule has 21 rings (SSSR count). The summed E-state index contributed by atoms with van der Waals surface area (Å²) < 4.78 is 0. The molecule has 8 aromatic heterocycles. The van der Waals surface area contributed by atoms with Gasteiger partial charge in [-0.25, -0.2) is 9.59 Å². The van der Waals surface area contributed by atoms with Crippen LogP contribution in [-0.2, 0) is 54.6 Å². The first kappa shape index (κ1) is 81.4. The zero-order valence-corrected chi connectivity index (χ0v) is 70.4. The monoisotopic (exact) mass is 1740 g/mol. The first-order chi connectivity index (χ1) is 56.6. The first-order valence-corrected chi connectivity index (χ1v) is 36.1. The summed E-state index contributed by atoms with van der Waals surface area (Å²) in [6.07, 6.45) is 14.4. The average molecular weight is 1740 g/mol. The molecule has 0 spiro atoms. The molecule has 8 heterocycles. The van der Waals surface area contributed by atoms with Crippen molar-refractivity contribution in [2.75, 3.05) is 0 Å². The van der Waals surface area contributed by atoms with E-state index in [0.717, 1.165) is 87.2 Å². The number of hydrogen-bond acceptors (Lipinski definition) is 18. The molecule has 2 N–H and O–H groups in total. The molecule has 0 fully saturated rings. The van der Waals surface area contributed by atoms with Gasteiger partial charge in [-0.1, -0.05) is 243 Å². The fourth-order valence-electron chi connectivity index (χ4n) is 14.4. The van der Waals surface area contributed by atoms with Crippen LogP contribution in [0.3, 0.4) is 0 Å². The molecule has 21 aromatic rings. The van der Waals surface area contributed by atoms with E-state index in [1.54, 1.807) is 195 Å². The van der Waals surface area contributed by atoms with Crippen molar-refractivity contribution in [3.63, 3.8) is 0 Å². The Kier molecular flexibility index (Phi) is 25.3. The molecule has 0 amide bonds. The molecule has 0 saturated carbocycles. The number of carbonyl (C=O) groups is 6. The van der Waals surface area contributed by atoms with Crippen LogP contribution >= 0.6 is 0 Å². The normalized spacial score (nSPS) is 10.6. The Morgan fingerprint density at radius 3 is 0.407 bits per heavy atom. The van der Waals surface area contributed by atoms with E-state index in [2.05, 4.69) is 137 Å². The van der Waals surface area contributed by atoms with Crippen molar-refractivity contribution in [3.8, 4) is 0 Å². The van der Waals surface area contributed by atoms with E-state index in [4.69, 9.17) is 0 Å². The van der Waals surface area contributed by atoms with Gasteiger partial charge in [-0.3, -0.25) is 39.9 Å². The van der Waals surface area contributed by atoms with Crippen LogP contribution in [0.2, 0.25) is 0 Å². The number of nitrogens with zero attached hydrogens (tertiary/aromatic N) is 8. The predicted molar refractivity (Wildman–Crippen MR) is 444 cm³/mol. The third kappa shape index (κ3) is 16.7. The van der Waals surface area contributed by atoms with Gasteiger partial charge in [0.15, 0.2) is 0 Å². The zero-order valence-electron chi connectivity index (χ0n) is 62.3. The molecular weight excluding hydrogens is 1680 g/mol. The minimum absolute atomic E-state index is 0. The molecule has 20 nitrogen and oxygen atoms in total. The Labute approximate surface area is 710 Å². The summed E-state index contributed by atoms with van der Waals surface area (Å²) in [5.74, 6) is -7.45. The number of rotatable bonds is 6. The molecule has 0 radical (unpaired) electrons. The maximum absolute atomic E-state index is 11.5. The Balaban J connectivity index is 0.000000120.